The lowest BCUT2D eigenvalue weighted by Gasteiger charge is -2.26. The van der Waals surface area contributed by atoms with Crippen LogP contribution in [-0.4, -0.2) is 18.7 Å². The summed E-state index contributed by atoms with van der Waals surface area (Å²) in [5.74, 6) is -0.518. The Bertz CT molecular complexity index is 1080. The van der Waals surface area contributed by atoms with Crippen molar-refractivity contribution >= 4 is 17.3 Å². The highest BCUT2D eigenvalue weighted by Crippen LogP contribution is 2.32. The average Bonchev–Trinajstić information content (AvgIpc) is 3.23. The SMILES string of the molecule is CC(=O)OC[C@H]1C=CC[C@@H](c2ccc(C)c(Cc3ccc(-c4ccc(F)cc4)s3)c2)O1. The van der Waals surface area contributed by atoms with Gasteiger partial charge in [0, 0.05) is 23.1 Å². The molecule has 0 radical (unpaired) electrons. The fourth-order valence-electron chi connectivity index (χ4n) is 3.69. The van der Waals surface area contributed by atoms with Crippen molar-refractivity contribution in [2.24, 2.45) is 0 Å². The lowest BCUT2D eigenvalue weighted by Crippen LogP contribution is -2.24. The monoisotopic (exact) mass is 436 g/mol. The van der Waals surface area contributed by atoms with Gasteiger partial charge in [-0.3, -0.25) is 4.79 Å². The van der Waals surface area contributed by atoms with Crippen LogP contribution >= 0.6 is 11.3 Å². The van der Waals surface area contributed by atoms with Gasteiger partial charge < -0.3 is 9.47 Å². The number of rotatable bonds is 6. The van der Waals surface area contributed by atoms with Crippen LogP contribution in [0.5, 0.6) is 0 Å². The first kappa shape index (κ1) is 21.5. The van der Waals surface area contributed by atoms with Crippen molar-refractivity contribution in [1.29, 1.82) is 0 Å². The minimum absolute atomic E-state index is 0.0528. The number of aryl methyl sites for hydroxylation is 1. The summed E-state index contributed by atoms with van der Waals surface area (Å²) in [7, 11) is 0. The Morgan fingerprint density at radius 3 is 2.74 bits per heavy atom. The summed E-state index contributed by atoms with van der Waals surface area (Å²) in [5.41, 5.74) is 4.67. The first-order valence-corrected chi connectivity index (χ1v) is 11.2. The molecule has 2 aromatic carbocycles. The molecule has 31 heavy (non-hydrogen) atoms. The molecular formula is C26H25FO3S. The van der Waals surface area contributed by atoms with E-state index in [0.29, 0.717) is 0 Å². The Labute approximate surface area is 186 Å². The zero-order valence-corrected chi connectivity index (χ0v) is 18.5. The highest BCUT2D eigenvalue weighted by Gasteiger charge is 2.21. The van der Waals surface area contributed by atoms with Crippen LogP contribution in [0.2, 0.25) is 0 Å². The van der Waals surface area contributed by atoms with Crippen molar-refractivity contribution in [3.05, 3.63) is 94.1 Å². The van der Waals surface area contributed by atoms with Gasteiger partial charge >= 0.3 is 5.97 Å². The van der Waals surface area contributed by atoms with Gasteiger partial charge in [0.2, 0.25) is 0 Å². The molecule has 5 heteroatoms. The average molecular weight is 437 g/mol. The molecule has 0 spiro atoms. The van der Waals surface area contributed by atoms with Crippen molar-refractivity contribution < 1.29 is 18.7 Å². The molecule has 2 heterocycles. The van der Waals surface area contributed by atoms with Gasteiger partial charge in [0.15, 0.2) is 0 Å². The summed E-state index contributed by atoms with van der Waals surface area (Å²) >= 11 is 1.73. The van der Waals surface area contributed by atoms with Gasteiger partial charge in [0.05, 0.1) is 6.10 Å². The number of benzene rings is 2. The van der Waals surface area contributed by atoms with Gasteiger partial charge in [-0.1, -0.05) is 42.5 Å². The van der Waals surface area contributed by atoms with E-state index in [9.17, 15) is 9.18 Å². The van der Waals surface area contributed by atoms with Crippen LogP contribution in [-0.2, 0) is 20.7 Å². The molecule has 0 aliphatic carbocycles. The molecule has 2 atom stereocenters. The van der Waals surface area contributed by atoms with Crippen molar-refractivity contribution in [2.45, 2.75) is 38.9 Å². The summed E-state index contributed by atoms with van der Waals surface area (Å²) in [4.78, 5) is 13.5. The molecule has 1 aromatic heterocycles. The summed E-state index contributed by atoms with van der Waals surface area (Å²) in [6.07, 6.45) is 5.41. The maximum atomic E-state index is 13.2. The third kappa shape index (κ3) is 5.49. The van der Waals surface area contributed by atoms with E-state index in [2.05, 4.69) is 43.3 Å². The zero-order valence-electron chi connectivity index (χ0n) is 17.6. The lowest BCUT2D eigenvalue weighted by atomic mass is 9.96. The molecule has 0 amide bonds. The molecule has 0 unspecified atom stereocenters. The number of hydrogen-bond donors (Lipinski definition) is 0. The third-order valence-electron chi connectivity index (χ3n) is 5.39. The number of hydrogen-bond acceptors (Lipinski definition) is 4. The van der Waals surface area contributed by atoms with Crippen molar-refractivity contribution in [3.63, 3.8) is 0 Å². The number of carbonyl (C=O) groups excluding carboxylic acids is 1. The van der Waals surface area contributed by atoms with Gasteiger partial charge in [0.25, 0.3) is 0 Å². The Morgan fingerprint density at radius 2 is 1.97 bits per heavy atom. The van der Waals surface area contributed by atoms with Gasteiger partial charge in [-0.05, 0) is 59.9 Å². The second kappa shape index (κ2) is 9.58. The topological polar surface area (TPSA) is 35.5 Å². The zero-order chi connectivity index (χ0) is 21.8. The van der Waals surface area contributed by atoms with E-state index in [1.165, 1.54) is 35.1 Å². The van der Waals surface area contributed by atoms with E-state index in [1.807, 2.05) is 18.2 Å². The van der Waals surface area contributed by atoms with E-state index in [4.69, 9.17) is 9.47 Å². The third-order valence-corrected chi connectivity index (χ3v) is 6.53. The van der Waals surface area contributed by atoms with Crippen molar-refractivity contribution in [3.8, 4) is 10.4 Å². The molecular weight excluding hydrogens is 411 g/mol. The van der Waals surface area contributed by atoms with Gasteiger partial charge in [0.1, 0.15) is 18.5 Å². The predicted molar refractivity (Wildman–Crippen MR) is 122 cm³/mol. The molecule has 0 N–H and O–H groups in total. The molecule has 0 saturated carbocycles. The van der Waals surface area contributed by atoms with Crippen LogP contribution in [0.3, 0.4) is 0 Å². The summed E-state index contributed by atoms with van der Waals surface area (Å²) in [5, 5.41) is 0. The van der Waals surface area contributed by atoms with Gasteiger partial charge in [-0.25, -0.2) is 4.39 Å². The second-order valence-corrected chi connectivity index (χ2v) is 8.93. The molecule has 1 aliphatic heterocycles. The van der Waals surface area contributed by atoms with Crippen LogP contribution in [0.25, 0.3) is 10.4 Å². The maximum absolute atomic E-state index is 13.2. The van der Waals surface area contributed by atoms with Crippen molar-refractivity contribution in [2.75, 3.05) is 6.61 Å². The highest BCUT2D eigenvalue weighted by atomic mass is 32.1. The number of ether oxygens (including phenoxy) is 2. The van der Waals surface area contributed by atoms with Crippen LogP contribution < -0.4 is 0 Å². The minimum atomic E-state index is -0.298. The molecule has 160 valence electrons. The molecule has 1 aliphatic rings. The van der Waals surface area contributed by atoms with E-state index in [0.717, 1.165) is 28.8 Å². The fourth-order valence-corrected chi connectivity index (χ4v) is 4.72. The molecule has 4 rings (SSSR count). The highest BCUT2D eigenvalue weighted by molar-refractivity contribution is 7.15. The first-order valence-electron chi connectivity index (χ1n) is 10.4. The molecule has 0 saturated heterocycles. The Kier molecular flexibility index (Phi) is 6.64. The largest absolute Gasteiger partial charge is 0.463 e. The summed E-state index contributed by atoms with van der Waals surface area (Å²) < 4.78 is 24.4. The van der Waals surface area contributed by atoms with Crippen molar-refractivity contribution in [1.82, 2.24) is 0 Å². The maximum Gasteiger partial charge on any atom is 0.302 e. The Balaban J connectivity index is 1.48. The first-order chi connectivity index (χ1) is 15.0. The van der Waals surface area contributed by atoms with E-state index in [-0.39, 0.29) is 30.6 Å². The van der Waals surface area contributed by atoms with Crippen LogP contribution in [0.4, 0.5) is 4.39 Å². The lowest BCUT2D eigenvalue weighted by molar-refractivity contribution is -0.145. The second-order valence-electron chi connectivity index (χ2n) is 7.77. The number of carbonyl (C=O) groups is 1. The van der Waals surface area contributed by atoms with Gasteiger partial charge in [-0.15, -0.1) is 11.3 Å². The fraction of sp³-hybridized carbons (Fsp3) is 0.269. The number of esters is 1. The van der Waals surface area contributed by atoms with E-state index < -0.39 is 0 Å². The van der Waals surface area contributed by atoms with Crippen LogP contribution in [0, 0.1) is 12.7 Å². The van der Waals surface area contributed by atoms with Crippen LogP contribution in [0.15, 0.2) is 66.7 Å². The predicted octanol–water partition coefficient (Wildman–Crippen LogP) is 6.40. The summed E-state index contributed by atoms with van der Waals surface area (Å²) in [6.45, 7) is 3.77. The number of thiophene rings is 1. The Morgan fingerprint density at radius 1 is 1.16 bits per heavy atom. The number of halogens is 1. The van der Waals surface area contributed by atoms with Gasteiger partial charge in [-0.2, -0.15) is 0 Å². The summed E-state index contributed by atoms with van der Waals surface area (Å²) in [6, 6.07) is 17.3. The quantitative estimate of drug-likeness (QED) is 0.331. The molecule has 3 nitrogen and oxygen atoms in total. The van der Waals surface area contributed by atoms with E-state index in [1.54, 1.807) is 11.3 Å². The minimum Gasteiger partial charge on any atom is -0.463 e. The van der Waals surface area contributed by atoms with E-state index >= 15 is 0 Å². The van der Waals surface area contributed by atoms with Crippen LogP contribution in [0.1, 0.15) is 41.0 Å². The molecule has 0 fully saturated rings. The smallest absolute Gasteiger partial charge is 0.302 e. The standard InChI is InChI=1S/C26H25FO3S/c1-17-6-7-20(25-5-3-4-23(30-25)16-29-18(2)28)14-21(17)15-24-12-13-26(31-24)19-8-10-22(27)11-9-19/h3-4,6-14,23,25H,5,15-16H2,1-2H3/t23-,25+/m1/s1. The molecule has 3 aromatic rings. The Hall–Kier alpha value is -2.76. The normalized spacial score (nSPS) is 18.2. The molecule has 0 bridgehead atoms.